The molecule has 0 aliphatic rings. The zero-order valence-electron chi connectivity index (χ0n) is 26.9. The van der Waals surface area contributed by atoms with Gasteiger partial charge < -0.3 is 0 Å². The van der Waals surface area contributed by atoms with E-state index < -0.39 is 8.07 Å². The third kappa shape index (κ3) is 5.75. The Morgan fingerprint density at radius 1 is 0.756 bits per heavy atom. The lowest BCUT2D eigenvalue weighted by molar-refractivity contribution is 0.596. The van der Waals surface area contributed by atoms with E-state index in [0.29, 0.717) is 17.8 Å². The summed E-state index contributed by atoms with van der Waals surface area (Å²) in [7, 11) is -1.74. The SMILES string of the molecule is Cc1c([Si](CC(C)C)(CC(C)C)CC(C)C)ccc2c1sc1c(-c3cc(C(C)(C)C)c4ccccc4c3)ncnc12. The van der Waals surface area contributed by atoms with Crippen LogP contribution in [-0.2, 0) is 5.41 Å². The summed E-state index contributed by atoms with van der Waals surface area (Å²) in [6.45, 7) is 23.9. The summed E-state index contributed by atoms with van der Waals surface area (Å²) in [5, 5.41) is 5.57. The summed E-state index contributed by atoms with van der Waals surface area (Å²) in [5.41, 5.74) is 6.24. The number of rotatable bonds is 8. The summed E-state index contributed by atoms with van der Waals surface area (Å²) in [5.74, 6) is 2.12. The first-order chi connectivity index (χ1) is 19.3. The van der Waals surface area contributed by atoms with Crippen LogP contribution in [0.15, 0.2) is 54.9 Å². The summed E-state index contributed by atoms with van der Waals surface area (Å²) in [4.78, 5) is 9.81. The van der Waals surface area contributed by atoms with Crippen molar-refractivity contribution in [1.82, 2.24) is 9.97 Å². The molecule has 0 unspecified atom stereocenters. The Balaban J connectivity index is 1.76. The Bertz CT molecular complexity index is 1680. The van der Waals surface area contributed by atoms with Crippen LogP contribution >= 0.6 is 11.3 Å². The van der Waals surface area contributed by atoms with Crippen LogP contribution in [0.25, 0.3) is 42.3 Å². The molecule has 0 fully saturated rings. The molecular weight excluding hydrogens is 533 g/mol. The van der Waals surface area contributed by atoms with Gasteiger partial charge in [0.15, 0.2) is 0 Å². The van der Waals surface area contributed by atoms with Gasteiger partial charge in [-0.1, -0.05) is 122 Å². The van der Waals surface area contributed by atoms with Crippen molar-refractivity contribution in [3.63, 3.8) is 0 Å². The molecule has 0 spiro atoms. The van der Waals surface area contributed by atoms with Crippen LogP contribution in [0.5, 0.6) is 0 Å². The summed E-state index contributed by atoms with van der Waals surface area (Å²) in [6.07, 6.45) is 1.77. The molecule has 0 N–H and O–H groups in total. The summed E-state index contributed by atoms with van der Waals surface area (Å²) < 4.78 is 2.62. The van der Waals surface area contributed by atoms with Gasteiger partial charge in [0.05, 0.1) is 24.0 Å². The summed E-state index contributed by atoms with van der Waals surface area (Å²) >= 11 is 1.91. The largest absolute Gasteiger partial charge is 0.235 e. The Labute approximate surface area is 252 Å². The highest BCUT2D eigenvalue weighted by atomic mass is 32.1. The Morgan fingerprint density at radius 2 is 1.39 bits per heavy atom. The maximum atomic E-state index is 4.93. The highest BCUT2D eigenvalue weighted by Gasteiger charge is 2.38. The quantitative estimate of drug-likeness (QED) is 0.171. The maximum absolute atomic E-state index is 4.93. The molecule has 216 valence electrons. The molecule has 41 heavy (non-hydrogen) atoms. The lowest BCUT2D eigenvalue weighted by Gasteiger charge is -2.38. The monoisotopic (exact) mass is 580 g/mol. The van der Waals surface area contributed by atoms with Crippen LogP contribution in [0.2, 0.25) is 18.1 Å². The predicted molar refractivity (Wildman–Crippen MR) is 186 cm³/mol. The molecule has 0 atom stereocenters. The number of nitrogens with zero attached hydrogens (tertiary/aromatic N) is 2. The minimum absolute atomic E-state index is 0.0324. The number of aryl methyl sites for hydroxylation is 1. The zero-order valence-corrected chi connectivity index (χ0v) is 28.7. The Morgan fingerprint density at radius 3 is 2.00 bits per heavy atom. The van der Waals surface area contributed by atoms with Crippen molar-refractivity contribution in [2.45, 2.75) is 92.8 Å². The molecule has 3 aromatic carbocycles. The molecule has 0 aliphatic heterocycles. The standard InChI is InChI=1S/C37H48N2SSi/c1-23(2)19-41(20-24(3)4,21-25(5)6)32-16-15-30-34-36(40-35(30)26(32)7)33(38-22-39-34)28-17-27-13-11-12-14-29(27)31(18-28)37(8,9)10/h11-18,22-25H,19-21H2,1-10H3. The highest BCUT2D eigenvalue weighted by Crippen LogP contribution is 2.42. The van der Waals surface area contributed by atoms with Gasteiger partial charge in [-0.15, -0.1) is 11.3 Å². The van der Waals surface area contributed by atoms with E-state index in [0.717, 1.165) is 11.2 Å². The second-order valence-electron chi connectivity index (χ2n) is 14.7. The molecule has 2 aromatic heterocycles. The van der Waals surface area contributed by atoms with Crippen molar-refractivity contribution in [2.75, 3.05) is 0 Å². The van der Waals surface area contributed by atoms with Crippen LogP contribution < -0.4 is 5.19 Å². The van der Waals surface area contributed by atoms with Crippen LogP contribution in [0.3, 0.4) is 0 Å². The maximum Gasteiger partial charge on any atom is 0.116 e. The zero-order chi connectivity index (χ0) is 29.7. The number of hydrogen-bond acceptors (Lipinski definition) is 3. The van der Waals surface area contributed by atoms with Gasteiger partial charge in [-0.25, -0.2) is 9.97 Å². The molecule has 5 rings (SSSR count). The Hall–Kier alpha value is -2.56. The molecule has 4 heteroatoms. The number of hydrogen-bond donors (Lipinski definition) is 0. The van der Waals surface area contributed by atoms with Crippen LogP contribution in [0, 0.1) is 24.7 Å². The van der Waals surface area contributed by atoms with Crippen molar-refractivity contribution >= 4 is 55.7 Å². The van der Waals surface area contributed by atoms with Crippen molar-refractivity contribution in [1.29, 1.82) is 0 Å². The molecule has 2 heterocycles. The van der Waals surface area contributed by atoms with Crippen molar-refractivity contribution in [3.8, 4) is 11.3 Å². The first-order valence-electron chi connectivity index (χ1n) is 15.5. The Kier molecular flexibility index (Phi) is 8.22. The highest BCUT2D eigenvalue weighted by molar-refractivity contribution is 7.26. The minimum Gasteiger partial charge on any atom is -0.235 e. The number of aromatic nitrogens is 2. The minimum atomic E-state index is -1.74. The van der Waals surface area contributed by atoms with E-state index >= 15 is 0 Å². The van der Waals surface area contributed by atoms with E-state index in [-0.39, 0.29) is 5.41 Å². The van der Waals surface area contributed by atoms with Crippen molar-refractivity contribution < 1.29 is 0 Å². The molecule has 0 bridgehead atoms. The van der Waals surface area contributed by atoms with Crippen LogP contribution in [0.1, 0.15) is 73.4 Å². The van der Waals surface area contributed by atoms with E-state index in [9.17, 15) is 0 Å². The normalized spacial score (nSPS) is 13.1. The summed E-state index contributed by atoms with van der Waals surface area (Å²) in [6, 6.07) is 22.5. The van der Waals surface area contributed by atoms with E-state index in [1.807, 2.05) is 11.3 Å². The molecule has 0 aliphatic carbocycles. The van der Waals surface area contributed by atoms with Gasteiger partial charge in [-0.2, -0.15) is 0 Å². The van der Waals surface area contributed by atoms with Gasteiger partial charge in [-0.3, -0.25) is 0 Å². The smallest absolute Gasteiger partial charge is 0.116 e. The van der Waals surface area contributed by atoms with E-state index in [1.54, 1.807) is 11.5 Å². The fourth-order valence-corrected chi connectivity index (χ4v) is 16.1. The van der Waals surface area contributed by atoms with Gasteiger partial charge in [0.2, 0.25) is 0 Å². The van der Waals surface area contributed by atoms with Gasteiger partial charge in [0.25, 0.3) is 0 Å². The average Bonchev–Trinajstić information content (AvgIpc) is 3.26. The number of thiophene rings is 1. The van der Waals surface area contributed by atoms with Gasteiger partial charge in [0.1, 0.15) is 6.33 Å². The van der Waals surface area contributed by atoms with Crippen molar-refractivity contribution in [3.05, 3.63) is 66.0 Å². The second kappa shape index (κ2) is 11.3. The van der Waals surface area contributed by atoms with Crippen molar-refractivity contribution in [2.24, 2.45) is 17.8 Å². The van der Waals surface area contributed by atoms with Gasteiger partial charge >= 0.3 is 0 Å². The van der Waals surface area contributed by atoms with E-state index in [2.05, 4.69) is 118 Å². The van der Waals surface area contributed by atoms with E-state index in [1.165, 1.54) is 60.4 Å². The molecule has 2 nitrogen and oxygen atoms in total. The number of fused-ring (bicyclic) bond motifs is 4. The lowest BCUT2D eigenvalue weighted by Crippen LogP contribution is -2.51. The number of benzene rings is 3. The molecule has 0 amide bonds. The first kappa shape index (κ1) is 29.9. The molecule has 0 saturated heterocycles. The third-order valence-corrected chi connectivity index (χ3v) is 16.4. The molecule has 0 saturated carbocycles. The molecular formula is C37H48N2SSi. The molecule has 5 aromatic rings. The molecule has 0 radical (unpaired) electrons. The van der Waals surface area contributed by atoms with Gasteiger partial charge in [0, 0.05) is 15.6 Å². The van der Waals surface area contributed by atoms with Crippen LogP contribution in [-0.4, -0.2) is 18.0 Å². The fraction of sp³-hybridized carbons (Fsp3) is 0.459. The third-order valence-electron chi connectivity index (χ3n) is 8.58. The average molecular weight is 581 g/mol. The lowest BCUT2D eigenvalue weighted by atomic mass is 9.82. The van der Waals surface area contributed by atoms with Crippen LogP contribution in [0.4, 0.5) is 0 Å². The topological polar surface area (TPSA) is 25.8 Å². The van der Waals surface area contributed by atoms with Gasteiger partial charge in [-0.05, 0) is 64.1 Å². The second-order valence-corrected chi connectivity index (χ2v) is 20.0. The van der Waals surface area contributed by atoms with E-state index in [4.69, 9.17) is 9.97 Å². The fourth-order valence-electron chi connectivity index (χ4n) is 7.55. The predicted octanol–water partition coefficient (Wildman–Crippen LogP) is 10.9. The first-order valence-corrected chi connectivity index (χ1v) is 19.0.